The van der Waals surface area contributed by atoms with E-state index in [9.17, 15) is 9.18 Å². The van der Waals surface area contributed by atoms with Crippen molar-refractivity contribution in [1.29, 1.82) is 0 Å². The van der Waals surface area contributed by atoms with Crippen molar-refractivity contribution >= 4 is 27.9 Å². The molecule has 0 aliphatic heterocycles. The Morgan fingerprint density at radius 2 is 1.82 bits per heavy atom. The number of benzene rings is 3. The van der Waals surface area contributed by atoms with Gasteiger partial charge in [0.05, 0.1) is 11.7 Å². The minimum atomic E-state index is -0.755. The number of hydrogen-bond donors (Lipinski definition) is 0. The quantitative estimate of drug-likeness (QED) is 0.294. The third-order valence-electron chi connectivity index (χ3n) is 5.97. The minimum Gasteiger partial charge on any atom is -0.443 e. The lowest BCUT2D eigenvalue weighted by molar-refractivity contribution is 0.139. The number of aromatic nitrogens is 3. The second kappa shape index (κ2) is 8.41. The molecule has 34 heavy (non-hydrogen) atoms. The Kier molecular flexibility index (Phi) is 5.40. The molecule has 0 bridgehead atoms. The number of halogens is 2. The van der Waals surface area contributed by atoms with Gasteiger partial charge >= 0.3 is 6.09 Å². The van der Waals surface area contributed by atoms with Crippen molar-refractivity contribution in [2.45, 2.75) is 33.3 Å². The summed E-state index contributed by atoms with van der Waals surface area (Å²) in [6.07, 6.45) is 0.694. The zero-order valence-corrected chi connectivity index (χ0v) is 19.0. The highest BCUT2D eigenvalue weighted by atomic mass is 19.1. The smallest absolute Gasteiger partial charge is 0.435 e. The predicted octanol–water partition coefficient (Wildman–Crippen LogP) is 6.88. The van der Waals surface area contributed by atoms with E-state index in [1.165, 1.54) is 12.3 Å². The van der Waals surface area contributed by atoms with Gasteiger partial charge in [-0.2, -0.15) is 9.78 Å². The van der Waals surface area contributed by atoms with E-state index in [0.29, 0.717) is 21.9 Å². The Morgan fingerprint density at radius 3 is 2.53 bits per heavy atom. The maximum Gasteiger partial charge on any atom is 0.435 e. The second-order valence-corrected chi connectivity index (χ2v) is 8.65. The molecule has 0 atom stereocenters. The van der Waals surface area contributed by atoms with Gasteiger partial charge in [-0.1, -0.05) is 44.2 Å². The molecule has 0 saturated carbocycles. The maximum atomic E-state index is 15.9. The molecule has 7 heteroatoms. The van der Waals surface area contributed by atoms with Gasteiger partial charge in [0.15, 0.2) is 5.82 Å². The van der Waals surface area contributed by atoms with Crippen LogP contribution in [0.1, 0.15) is 36.6 Å². The highest BCUT2D eigenvalue weighted by Crippen LogP contribution is 2.35. The first-order chi connectivity index (χ1) is 16.3. The summed E-state index contributed by atoms with van der Waals surface area (Å²) < 4.78 is 38.0. The highest BCUT2D eigenvalue weighted by molar-refractivity contribution is 6.00. The van der Waals surface area contributed by atoms with Crippen molar-refractivity contribution < 1.29 is 18.3 Å². The molecule has 0 radical (unpaired) electrons. The molecule has 2 aromatic heterocycles. The summed E-state index contributed by atoms with van der Waals surface area (Å²) in [4.78, 5) is 12.7. The Hall–Kier alpha value is -4.00. The van der Waals surface area contributed by atoms with Crippen molar-refractivity contribution in [3.63, 3.8) is 0 Å². The number of carbonyl (C=O) groups is 1. The van der Waals surface area contributed by atoms with E-state index >= 15 is 4.39 Å². The van der Waals surface area contributed by atoms with Crippen LogP contribution in [0.4, 0.5) is 13.6 Å². The molecule has 172 valence electrons. The summed E-state index contributed by atoms with van der Waals surface area (Å²) in [6.45, 7) is 5.79. The van der Waals surface area contributed by atoms with Crippen molar-refractivity contribution in [2.24, 2.45) is 0 Å². The lowest BCUT2D eigenvalue weighted by atomic mass is 10.1. The SMILES string of the molecule is Cc1cc(-n2c(C(C)C)cc3c(F)c4c(cnn4C(=O)OCc4ccccc4)cc32)ccc1F. The van der Waals surface area contributed by atoms with Gasteiger partial charge in [-0.05, 0) is 54.3 Å². The van der Waals surface area contributed by atoms with Crippen LogP contribution in [0.25, 0.3) is 27.5 Å². The zero-order valence-electron chi connectivity index (χ0n) is 19.0. The highest BCUT2D eigenvalue weighted by Gasteiger charge is 2.23. The maximum absolute atomic E-state index is 15.9. The molecule has 0 amide bonds. The van der Waals surface area contributed by atoms with Crippen LogP contribution in [0.2, 0.25) is 0 Å². The van der Waals surface area contributed by atoms with Crippen LogP contribution in [0.3, 0.4) is 0 Å². The second-order valence-electron chi connectivity index (χ2n) is 8.65. The van der Waals surface area contributed by atoms with Gasteiger partial charge in [-0.15, -0.1) is 0 Å². The number of hydrogen-bond acceptors (Lipinski definition) is 3. The molecular weight excluding hydrogens is 436 g/mol. The predicted molar refractivity (Wildman–Crippen MR) is 127 cm³/mol. The van der Waals surface area contributed by atoms with Gasteiger partial charge in [-0.25, -0.2) is 13.6 Å². The summed E-state index contributed by atoms with van der Waals surface area (Å²) in [5.41, 5.74) is 3.63. The van der Waals surface area contributed by atoms with Crippen molar-refractivity contribution in [3.05, 3.63) is 95.3 Å². The number of ether oxygens (including phenoxy) is 1. The molecule has 5 aromatic rings. The normalized spacial score (nSPS) is 11.6. The Balaban J connectivity index is 1.63. The average Bonchev–Trinajstić information content (AvgIpc) is 3.43. The fourth-order valence-electron chi connectivity index (χ4n) is 4.23. The Labute approximate surface area is 195 Å². The Morgan fingerprint density at radius 1 is 1.06 bits per heavy atom. The molecule has 5 rings (SSSR count). The lowest BCUT2D eigenvalue weighted by Crippen LogP contribution is -2.15. The van der Waals surface area contributed by atoms with Gasteiger partial charge in [0.2, 0.25) is 0 Å². The molecule has 3 aromatic carbocycles. The topological polar surface area (TPSA) is 49.0 Å². The van der Waals surface area contributed by atoms with E-state index in [1.54, 1.807) is 31.2 Å². The van der Waals surface area contributed by atoms with Crippen LogP contribution in [0.15, 0.2) is 66.9 Å². The standard InChI is InChI=1S/C27H23F2N3O2/c1-16(2)23-13-21-24(31(23)20-9-10-22(28)17(3)11-20)12-19-14-30-32(26(19)25(21)29)27(33)34-15-18-7-5-4-6-8-18/h4-14,16H,15H2,1-3H3. The molecule has 2 heterocycles. The van der Waals surface area contributed by atoms with Crippen molar-refractivity contribution in [3.8, 4) is 5.69 Å². The van der Waals surface area contributed by atoms with Gasteiger partial charge in [0.25, 0.3) is 0 Å². The van der Waals surface area contributed by atoms with Crippen molar-refractivity contribution in [2.75, 3.05) is 0 Å². The number of nitrogens with zero attached hydrogens (tertiary/aromatic N) is 3. The summed E-state index contributed by atoms with van der Waals surface area (Å²) in [6, 6.07) is 17.7. The summed E-state index contributed by atoms with van der Waals surface area (Å²) in [5.74, 6) is -0.774. The summed E-state index contributed by atoms with van der Waals surface area (Å²) in [5, 5.41) is 4.92. The van der Waals surface area contributed by atoms with Gasteiger partial charge in [0.1, 0.15) is 17.9 Å². The van der Waals surface area contributed by atoms with Gasteiger partial charge < -0.3 is 9.30 Å². The van der Waals surface area contributed by atoms with Crippen LogP contribution >= 0.6 is 0 Å². The number of rotatable bonds is 4. The van der Waals surface area contributed by atoms with E-state index < -0.39 is 11.9 Å². The molecule has 0 N–H and O–H groups in total. The molecule has 5 nitrogen and oxygen atoms in total. The zero-order chi connectivity index (χ0) is 24.0. The first kappa shape index (κ1) is 21.8. The van der Waals surface area contributed by atoms with Crippen LogP contribution in [0.5, 0.6) is 0 Å². The average molecular weight is 459 g/mol. The molecule has 0 aliphatic rings. The first-order valence-electron chi connectivity index (χ1n) is 11.0. The monoisotopic (exact) mass is 459 g/mol. The molecular formula is C27H23F2N3O2. The van der Waals surface area contributed by atoms with Crippen LogP contribution in [-0.4, -0.2) is 20.4 Å². The largest absolute Gasteiger partial charge is 0.443 e. The van der Waals surface area contributed by atoms with E-state index in [0.717, 1.165) is 21.6 Å². The van der Waals surface area contributed by atoms with Crippen LogP contribution < -0.4 is 0 Å². The summed E-state index contributed by atoms with van der Waals surface area (Å²) in [7, 11) is 0. The van der Waals surface area contributed by atoms with Gasteiger partial charge in [-0.3, -0.25) is 0 Å². The van der Waals surface area contributed by atoms with Crippen LogP contribution in [0, 0.1) is 18.6 Å². The van der Waals surface area contributed by atoms with E-state index in [2.05, 4.69) is 5.10 Å². The number of carbonyl (C=O) groups excluding carboxylic acids is 1. The van der Waals surface area contributed by atoms with E-state index in [-0.39, 0.29) is 23.9 Å². The van der Waals surface area contributed by atoms with E-state index in [1.807, 2.05) is 48.7 Å². The number of fused-ring (bicyclic) bond motifs is 2. The first-order valence-corrected chi connectivity index (χ1v) is 11.0. The molecule has 0 saturated heterocycles. The molecule has 0 unspecified atom stereocenters. The summed E-state index contributed by atoms with van der Waals surface area (Å²) >= 11 is 0. The lowest BCUT2D eigenvalue weighted by Gasteiger charge is -2.14. The molecule has 0 spiro atoms. The van der Waals surface area contributed by atoms with Gasteiger partial charge in [0, 0.05) is 22.2 Å². The third kappa shape index (κ3) is 3.63. The minimum absolute atomic E-state index is 0.0582. The Bertz CT molecular complexity index is 1530. The van der Waals surface area contributed by atoms with E-state index in [4.69, 9.17) is 4.74 Å². The molecule has 0 fully saturated rings. The van der Waals surface area contributed by atoms with Crippen LogP contribution in [-0.2, 0) is 11.3 Å². The number of aryl methyl sites for hydroxylation is 1. The third-order valence-corrected chi connectivity index (χ3v) is 5.97. The fraction of sp³-hybridized carbons (Fsp3) is 0.185. The fourth-order valence-corrected chi connectivity index (χ4v) is 4.23. The molecule has 0 aliphatic carbocycles. The van der Waals surface area contributed by atoms with Crippen molar-refractivity contribution in [1.82, 2.24) is 14.3 Å².